The Hall–Kier alpha value is -1.68. The number of hydrogen-bond acceptors (Lipinski definition) is 2. The Balaban J connectivity index is 2.16. The molecule has 2 aromatic rings. The molecule has 0 bridgehead atoms. The van der Waals surface area contributed by atoms with Gasteiger partial charge in [0, 0.05) is 27.4 Å². The first kappa shape index (κ1) is 17.7. The fourth-order valence-electron chi connectivity index (χ4n) is 1.94. The third kappa shape index (κ3) is 4.64. The Labute approximate surface area is 149 Å². The molecule has 0 fully saturated rings. The van der Waals surface area contributed by atoms with Gasteiger partial charge in [0.15, 0.2) is 0 Å². The van der Waals surface area contributed by atoms with E-state index in [1.54, 1.807) is 30.3 Å². The van der Waals surface area contributed by atoms with Crippen LogP contribution in [0.15, 0.2) is 36.4 Å². The summed E-state index contributed by atoms with van der Waals surface area (Å²) in [5, 5.41) is 4.16. The van der Waals surface area contributed by atoms with E-state index in [1.165, 1.54) is 13.2 Å². The Kier molecular flexibility index (Phi) is 5.94. The molecule has 1 amide bonds. The van der Waals surface area contributed by atoms with Crippen molar-refractivity contribution in [3.63, 3.8) is 0 Å². The van der Waals surface area contributed by atoms with Crippen LogP contribution in [0.1, 0.15) is 11.1 Å². The van der Waals surface area contributed by atoms with Crippen LogP contribution in [-0.4, -0.2) is 13.0 Å². The van der Waals surface area contributed by atoms with E-state index in [2.05, 4.69) is 5.32 Å². The maximum absolute atomic E-state index is 12.0. The third-order valence-electron chi connectivity index (χ3n) is 3.09. The summed E-state index contributed by atoms with van der Waals surface area (Å²) in [5.74, 6) is 0.154. The molecule has 0 aromatic heterocycles. The molecule has 2 aromatic carbocycles. The number of anilines is 1. The number of carbonyl (C=O) groups is 1. The van der Waals surface area contributed by atoms with Gasteiger partial charge in [-0.15, -0.1) is 0 Å². The minimum absolute atomic E-state index is 0.303. The largest absolute Gasteiger partial charge is 0.495 e. The zero-order valence-electron chi connectivity index (χ0n) is 12.5. The number of halogens is 3. The molecule has 2 rings (SSSR count). The molecule has 3 nitrogen and oxygen atoms in total. The number of nitrogens with one attached hydrogen (secondary N) is 1. The van der Waals surface area contributed by atoms with Crippen molar-refractivity contribution in [1.82, 2.24) is 0 Å². The van der Waals surface area contributed by atoms with Crippen LogP contribution in [0.4, 0.5) is 5.69 Å². The Bertz CT molecular complexity index is 773. The van der Waals surface area contributed by atoms with Crippen LogP contribution >= 0.6 is 34.8 Å². The summed E-state index contributed by atoms with van der Waals surface area (Å²) in [6.07, 6.45) is 2.96. The van der Waals surface area contributed by atoms with Crippen LogP contribution in [0.25, 0.3) is 6.08 Å². The predicted octanol–water partition coefficient (Wildman–Crippen LogP) is 5.62. The number of methoxy groups -OCH3 is 1. The minimum Gasteiger partial charge on any atom is -0.495 e. The summed E-state index contributed by atoms with van der Waals surface area (Å²) >= 11 is 18.1. The Morgan fingerprint density at radius 1 is 1.13 bits per heavy atom. The van der Waals surface area contributed by atoms with Gasteiger partial charge in [-0.3, -0.25) is 4.79 Å². The molecule has 0 unspecified atom stereocenters. The topological polar surface area (TPSA) is 38.3 Å². The fourth-order valence-corrected chi connectivity index (χ4v) is 2.71. The molecule has 1 N–H and O–H groups in total. The Morgan fingerprint density at radius 3 is 2.52 bits per heavy atom. The number of rotatable bonds is 4. The van der Waals surface area contributed by atoms with Crippen molar-refractivity contribution in [2.24, 2.45) is 0 Å². The molecule has 23 heavy (non-hydrogen) atoms. The van der Waals surface area contributed by atoms with Crippen LogP contribution in [0, 0.1) is 6.92 Å². The van der Waals surface area contributed by atoms with Gasteiger partial charge in [0.25, 0.3) is 0 Å². The van der Waals surface area contributed by atoms with Crippen LogP contribution in [0.3, 0.4) is 0 Å². The lowest BCUT2D eigenvalue weighted by molar-refractivity contribution is -0.111. The van der Waals surface area contributed by atoms with Crippen molar-refractivity contribution in [1.29, 1.82) is 0 Å². The highest BCUT2D eigenvalue weighted by atomic mass is 35.5. The maximum Gasteiger partial charge on any atom is 0.248 e. The number of hydrogen-bond donors (Lipinski definition) is 1. The summed E-state index contributed by atoms with van der Waals surface area (Å²) in [6, 6.07) is 8.55. The zero-order chi connectivity index (χ0) is 17.0. The van der Waals surface area contributed by atoms with E-state index in [1.807, 2.05) is 13.0 Å². The highest BCUT2D eigenvalue weighted by Gasteiger charge is 2.08. The van der Waals surface area contributed by atoms with Gasteiger partial charge in [0.2, 0.25) is 5.91 Å². The summed E-state index contributed by atoms with van der Waals surface area (Å²) in [7, 11) is 1.50. The van der Waals surface area contributed by atoms with Crippen LogP contribution in [-0.2, 0) is 4.79 Å². The van der Waals surface area contributed by atoms with E-state index in [4.69, 9.17) is 39.5 Å². The monoisotopic (exact) mass is 369 g/mol. The molecule has 0 aliphatic rings. The average Bonchev–Trinajstić information content (AvgIpc) is 2.48. The summed E-state index contributed by atoms with van der Waals surface area (Å²) in [4.78, 5) is 12.0. The van der Waals surface area contributed by atoms with E-state index in [0.29, 0.717) is 32.1 Å². The standard InChI is InChI=1S/C17H14Cl3NO2/c1-10-3-5-13(9-14(10)19)21-16(22)6-4-11-7-12(18)8-15(20)17(11)23-2/h3-9H,1-2H3,(H,21,22). The van der Waals surface area contributed by atoms with Gasteiger partial charge in [-0.2, -0.15) is 0 Å². The normalized spacial score (nSPS) is 10.8. The first-order valence-corrected chi connectivity index (χ1v) is 7.82. The smallest absolute Gasteiger partial charge is 0.248 e. The number of ether oxygens (including phenoxy) is 1. The predicted molar refractivity (Wildman–Crippen MR) is 96.9 cm³/mol. The molecular formula is C17H14Cl3NO2. The molecule has 0 aliphatic carbocycles. The van der Waals surface area contributed by atoms with Crippen molar-refractivity contribution in [3.05, 3.63) is 62.6 Å². The number of aryl methyl sites for hydroxylation is 1. The first-order valence-electron chi connectivity index (χ1n) is 6.69. The van der Waals surface area contributed by atoms with Gasteiger partial charge < -0.3 is 10.1 Å². The number of amides is 1. The molecule has 120 valence electrons. The molecular weight excluding hydrogens is 357 g/mol. The van der Waals surface area contributed by atoms with Gasteiger partial charge in [-0.05, 0) is 42.8 Å². The van der Waals surface area contributed by atoms with Gasteiger partial charge in [0.05, 0.1) is 12.1 Å². The number of benzene rings is 2. The second kappa shape index (κ2) is 7.73. The quantitative estimate of drug-likeness (QED) is 0.710. The molecule has 0 saturated carbocycles. The lowest BCUT2D eigenvalue weighted by Gasteiger charge is -2.08. The van der Waals surface area contributed by atoms with Crippen molar-refractivity contribution < 1.29 is 9.53 Å². The second-order valence-corrected chi connectivity index (χ2v) is 6.05. The average molecular weight is 371 g/mol. The molecule has 0 saturated heterocycles. The fraction of sp³-hybridized carbons (Fsp3) is 0.118. The van der Waals surface area contributed by atoms with E-state index >= 15 is 0 Å². The zero-order valence-corrected chi connectivity index (χ0v) is 14.8. The molecule has 0 atom stereocenters. The van der Waals surface area contributed by atoms with Crippen molar-refractivity contribution in [2.45, 2.75) is 6.92 Å². The van der Waals surface area contributed by atoms with Gasteiger partial charge >= 0.3 is 0 Å². The Morgan fingerprint density at radius 2 is 1.87 bits per heavy atom. The van der Waals surface area contributed by atoms with Crippen molar-refractivity contribution >= 4 is 52.5 Å². The highest BCUT2D eigenvalue weighted by molar-refractivity contribution is 6.36. The van der Waals surface area contributed by atoms with Crippen molar-refractivity contribution in [3.8, 4) is 5.75 Å². The van der Waals surface area contributed by atoms with Crippen LogP contribution in [0.5, 0.6) is 5.75 Å². The van der Waals surface area contributed by atoms with Crippen molar-refractivity contribution in [2.75, 3.05) is 12.4 Å². The first-order chi connectivity index (χ1) is 10.9. The molecule has 0 spiro atoms. The summed E-state index contributed by atoms with van der Waals surface area (Å²) in [5.41, 5.74) is 2.17. The van der Waals surface area contributed by atoms with Gasteiger partial charge in [0.1, 0.15) is 5.75 Å². The molecule has 0 aliphatic heterocycles. The van der Waals surface area contributed by atoms with E-state index in [0.717, 1.165) is 5.56 Å². The highest BCUT2D eigenvalue weighted by Crippen LogP contribution is 2.33. The maximum atomic E-state index is 12.0. The second-order valence-electron chi connectivity index (χ2n) is 4.80. The molecule has 0 radical (unpaired) electrons. The third-order valence-corrected chi connectivity index (χ3v) is 4.00. The minimum atomic E-state index is -0.303. The van der Waals surface area contributed by atoms with Gasteiger partial charge in [-0.1, -0.05) is 40.9 Å². The SMILES string of the molecule is COc1c(Cl)cc(Cl)cc1C=CC(=O)Nc1ccc(C)c(Cl)c1. The lowest BCUT2D eigenvalue weighted by Crippen LogP contribution is -2.07. The number of carbonyl (C=O) groups excluding carboxylic acids is 1. The molecule has 6 heteroatoms. The van der Waals surface area contributed by atoms with E-state index in [9.17, 15) is 4.79 Å². The van der Waals surface area contributed by atoms with E-state index < -0.39 is 0 Å². The van der Waals surface area contributed by atoms with Crippen LogP contribution < -0.4 is 10.1 Å². The molecule has 0 heterocycles. The lowest BCUT2D eigenvalue weighted by atomic mass is 10.2. The summed E-state index contributed by atoms with van der Waals surface area (Å²) < 4.78 is 5.22. The van der Waals surface area contributed by atoms with Crippen LogP contribution in [0.2, 0.25) is 15.1 Å². The summed E-state index contributed by atoms with van der Waals surface area (Å²) in [6.45, 7) is 1.89. The van der Waals surface area contributed by atoms with Gasteiger partial charge in [-0.25, -0.2) is 0 Å². The van der Waals surface area contributed by atoms with E-state index in [-0.39, 0.29) is 5.91 Å².